The molecule has 1 fully saturated rings. The first-order chi connectivity index (χ1) is 16.3. The van der Waals surface area contributed by atoms with Crippen molar-refractivity contribution in [3.8, 4) is 0 Å². The van der Waals surface area contributed by atoms with Crippen LogP contribution in [0.4, 0.5) is 4.79 Å². The van der Waals surface area contributed by atoms with Gasteiger partial charge >= 0.3 is 12.1 Å². The Morgan fingerprint density at radius 2 is 1.74 bits per heavy atom. The number of esters is 1. The van der Waals surface area contributed by atoms with E-state index in [4.69, 9.17) is 9.47 Å². The molecule has 34 heavy (non-hydrogen) atoms. The number of ether oxygens (including phenoxy) is 2. The van der Waals surface area contributed by atoms with E-state index in [-0.39, 0.29) is 42.8 Å². The van der Waals surface area contributed by atoms with Gasteiger partial charge in [0.15, 0.2) is 0 Å². The minimum Gasteiger partial charge on any atom is -0.466 e. The van der Waals surface area contributed by atoms with E-state index in [2.05, 4.69) is 5.32 Å². The van der Waals surface area contributed by atoms with E-state index in [0.29, 0.717) is 39.0 Å². The highest BCUT2D eigenvalue weighted by atomic mass is 16.5. The molecule has 1 aliphatic rings. The second-order valence-corrected chi connectivity index (χ2v) is 8.67. The molecule has 9 nitrogen and oxygen atoms in total. The van der Waals surface area contributed by atoms with Crippen LogP contribution in [0.2, 0.25) is 0 Å². The number of piperidine rings is 1. The molecule has 2 atom stereocenters. The summed E-state index contributed by atoms with van der Waals surface area (Å²) in [6, 6.07) is 8.47. The van der Waals surface area contributed by atoms with E-state index in [1.165, 1.54) is 4.90 Å². The minimum absolute atomic E-state index is 0.101. The molecule has 0 unspecified atom stereocenters. The molecule has 1 aromatic carbocycles. The summed E-state index contributed by atoms with van der Waals surface area (Å²) in [6.45, 7) is 6.81. The molecule has 1 N–H and O–H groups in total. The lowest BCUT2D eigenvalue weighted by molar-refractivity contribution is -0.151. The maximum atomic E-state index is 13.1. The van der Waals surface area contributed by atoms with Crippen LogP contribution in [0, 0.1) is 11.8 Å². The van der Waals surface area contributed by atoms with E-state index in [9.17, 15) is 19.2 Å². The van der Waals surface area contributed by atoms with Gasteiger partial charge in [-0.15, -0.1) is 0 Å². The Bertz CT molecular complexity index is 823. The van der Waals surface area contributed by atoms with Crippen LogP contribution in [0.1, 0.15) is 45.6 Å². The molecule has 1 aromatic rings. The maximum Gasteiger partial charge on any atom is 0.408 e. The summed E-state index contributed by atoms with van der Waals surface area (Å²) in [5.41, 5.74) is 0.846. The van der Waals surface area contributed by atoms with Crippen LogP contribution in [0.25, 0.3) is 0 Å². The van der Waals surface area contributed by atoms with Crippen LogP contribution in [-0.2, 0) is 30.5 Å². The van der Waals surface area contributed by atoms with Gasteiger partial charge in [0.05, 0.1) is 19.1 Å². The smallest absolute Gasteiger partial charge is 0.408 e. The number of amides is 3. The van der Waals surface area contributed by atoms with Gasteiger partial charge < -0.3 is 24.6 Å². The van der Waals surface area contributed by atoms with E-state index in [0.717, 1.165) is 5.56 Å². The molecule has 188 valence electrons. The van der Waals surface area contributed by atoms with Gasteiger partial charge in [0, 0.05) is 20.1 Å². The summed E-state index contributed by atoms with van der Waals surface area (Å²) < 4.78 is 10.3. The molecule has 9 heteroatoms. The van der Waals surface area contributed by atoms with Gasteiger partial charge in [0.25, 0.3) is 0 Å². The first-order valence-electron chi connectivity index (χ1n) is 11.9. The van der Waals surface area contributed by atoms with Gasteiger partial charge in [-0.1, -0.05) is 50.6 Å². The highest BCUT2D eigenvalue weighted by Crippen LogP contribution is 2.19. The molecule has 0 aromatic heterocycles. The van der Waals surface area contributed by atoms with Gasteiger partial charge in [-0.25, -0.2) is 4.79 Å². The quantitative estimate of drug-likeness (QED) is 0.522. The summed E-state index contributed by atoms with van der Waals surface area (Å²) >= 11 is 0. The van der Waals surface area contributed by atoms with Gasteiger partial charge in [0.2, 0.25) is 11.8 Å². The fourth-order valence-electron chi connectivity index (χ4n) is 3.82. The van der Waals surface area contributed by atoms with Crippen molar-refractivity contribution >= 4 is 23.9 Å². The Hall–Kier alpha value is -3.10. The minimum atomic E-state index is -0.805. The lowest BCUT2D eigenvalue weighted by atomic mass is 9.96. The Labute approximate surface area is 201 Å². The van der Waals surface area contributed by atoms with Crippen LogP contribution in [0.5, 0.6) is 0 Å². The standard InChI is InChI=1S/C25H37N3O6/c1-5-18(3)22(26-25(32)34-17-19-10-8-7-9-11-19)23(30)27(4)16-21(29)28-14-12-20(13-15-28)24(31)33-6-2/h7-11,18,20,22H,5-6,12-17H2,1-4H3,(H,26,32)/t18-,22-/m0/s1. The van der Waals surface area contributed by atoms with Gasteiger partial charge in [-0.2, -0.15) is 0 Å². The summed E-state index contributed by atoms with van der Waals surface area (Å²) in [5, 5.41) is 2.67. The zero-order chi connectivity index (χ0) is 25.1. The van der Waals surface area contributed by atoms with Crippen molar-refractivity contribution in [2.45, 2.75) is 52.7 Å². The first-order valence-corrected chi connectivity index (χ1v) is 11.9. The Morgan fingerprint density at radius 1 is 1.09 bits per heavy atom. The third kappa shape index (κ3) is 8.04. The van der Waals surface area contributed by atoms with Crippen LogP contribution in [0.15, 0.2) is 30.3 Å². The number of nitrogens with zero attached hydrogens (tertiary/aromatic N) is 2. The van der Waals surface area contributed by atoms with Gasteiger partial charge in [-0.3, -0.25) is 14.4 Å². The first kappa shape index (κ1) is 27.1. The van der Waals surface area contributed by atoms with Crippen LogP contribution in [0.3, 0.4) is 0 Å². The molecule has 0 saturated carbocycles. The zero-order valence-corrected chi connectivity index (χ0v) is 20.6. The Morgan fingerprint density at radius 3 is 2.32 bits per heavy atom. The molecule has 0 aliphatic carbocycles. The fraction of sp³-hybridized carbons (Fsp3) is 0.600. The molecule has 0 radical (unpaired) electrons. The van der Waals surface area contributed by atoms with Crippen molar-refractivity contribution < 1.29 is 28.7 Å². The number of alkyl carbamates (subject to hydrolysis) is 1. The second kappa shape index (κ2) is 13.6. The van der Waals surface area contributed by atoms with Crippen molar-refractivity contribution in [3.63, 3.8) is 0 Å². The molecular weight excluding hydrogens is 438 g/mol. The molecule has 1 aliphatic heterocycles. The van der Waals surface area contributed by atoms with E-state index < -0.39 is 12.1 Å². The summed E-state index contributed by atoms with van der Waals surface area (Å²) in [5.74, 6) is -1.09. The number of likely N-dealkylation sites (N-methyl/N-ethyl adjacent to an activating group) is 1. The topological polar surface area (TPSA) is 105 Å². The normalized spacial score (nSPS) is 15.7. The number of benzene rings is 1. The number of hydrogen-bond donors (Lipinski definition) is 1. The summed E-state index contributed by atoms with van der Waals surface area (Å²) in [6.07, 6.45) is 1.08. The summed E-state index contributed by atoms with van der Waals surface area (Å²) in [4.78, 5) is 53.1. The van der Waals surface area contributed by atoms with Crippen molar-refractivity contribution in [1.82, 2.24) is 15.1 Å². The van der Waals surface area contributed by atoms with Crippen LogP contribution < -0.4 is 5.32 Å². The SMILES string of the molecule is CCOC(=O)C1CCN(C(=O)CN(C)C(=O)[C@@H](NC(=O)OCc2ccccc2)[C@@H](C)CC)CC1. The average Bonchev–Trinajstić information content (AvgIpc) is 2.85. The number of rotatable bonds is 10. The zero-order valence-electron chi connectivity index (χ0n) is 20.6. The van der Waals surface area contributed by atoms with Crippen LogP contribution >= 0.6 is 0 Å². The van der Waals surface area contributed by atoms with Crippen molar-refractivity contribution in [2.75, 3.05) is 33.3 Å². The monoisotopic (exact) mass is 475 g/mol. The highest BCUT2D eigenvalue weighted by molar-refractivity contribution is 5.89. The van der Waals surface area contributed by atoms with Crippen molar-refractivity contribution in [3.05, 3.63) is 35.9 Å². The number of nitrogens with one attached hydrogen (secondary N) is 1. The molecular formula is C25H37N3O6. The second-order valence-electron chi connectivity index (χ2n) is 8.67. The molecule has 1 heterocycles. The Balaban J connectivity index is 1.88. The van der Waals surface area contributed by atoms with Gasteiger partial charge in [0.1, 0.15) is 12.6 Å². The average molecular weight is 476 g/mol. The lowest BCUT2D eigenvalue weighted by Crippen LogP contribution is -2.53. The summed E-state index contributed by atoms with van der Waals surface area (Å²) in [7, 11) is 1.55. The van der Waals surface area contributed by atoms with E-state index in [1.54, 1.807) is 18.9 Å². The van der Waals surface area contributed by atoms with Gasteiger partial charge in [-0.05, 0) is 31.2 Å². The molecule has 3 amide bonds. The molecule has 0 bridgehead atoms. The Kier molecular flexibility index (Phi) is 10.8. The van der Waals surface area contributed by atoms with Crippen molar-refractivity contribution in [2.24, 2.45) is 11.8 Å². The number of carbonyl (C=O) groups excluding carboxylic acids is 4. The van der Waals surface area contributed by atoms with E-state index >= 15 is 0 Å². The van der Waals surface area contributed by atoms with Crippen LogP contribution in [-0.4, -0.2) is 73.0 Å². The van der Waals surface area contributed by atoms with E-state index in [1.807, 2.05) is 44.2 Å². The largest absolute Gasteiger partial charge is 0.466 e. The molecule has 0 spiro atoms. The predicted octanol–water partition coefficient (Wildman–Crippen LogP) is 2.59. The third-order valence-electron chi connectivity index (χ3n) is 6.18. The maximum absolute atomic E-state index is 13.1. The fourth-order valence-corrected chi connectivity index (χ4v) is 3.82. The molecule has 1 saturated heterocycles. The number of hydrogen-bond acceptors (Lipinski definition) is 6. The van der Waals surface area contributed by atoms with Crippen molar-refractivity contribution in [1.29, 1.82) is 0 Å². The predicted molar refractivity (Wildman–Crippen MR) is 127 cm³/mol. The number of carbonyl (C=O) groups is 4. The lowest BCUT2D eigenvalue weighted by Gasteiger charge is -2.33. The highest BCUT2D eigenvalue weighted by Gasteiger charge is 2.32. The third-order valence-corrected chi connectivity index (χ3v) is 6.18. The number of likely N-dealkylation sites (tertiary alicyclic amines) is 1. The molecule has 2 rings (SSSR count).